The highest BCUT2D eigenvalue weighted by Gasteiger charge is 2.08. The van der Waals surface area contributed by atoms with Crippen LogP contribution >= 0.6 is 11.8 Å². The predicted molar refractivity (Wildman–Crippen MR) is 51.1 cm³/mol. The van der Waals surface area contributed by atoms with E-state index in [4.69, 9.17) is 0 Å². The molecule has 0 fully saturated rings. The molecule has 1 atom stereocenters. The lowest BCUT2D eigenvalue weighted by Crippen LogP contribution is -1.93. The zero-order valence-electron chi connectivity index (χ0n) is 7.37. The molecule has 4 heteroatoms. The second-order valence-electron chi connectivity index (χ2n) is 2.59. The van der Waals surface area contributed by atoms with Crippen molar-refractivity contribution in [3.8, 4) is 0 Å². The van der Waals surface area contributed by atoms with Crippen molar-refractivity contribution < 1.29 is 0 Å². The molecule has 0 aromatic carbocycles. The average molecular weight is 183 g/mol. The standard InChI is InChI=1S/C8H13N3S/c1-4-6(3)7-9-8(11-10-7)12-5-2/h5-6H,2,4H2,1,3H3,(H,9,10,11). The molecular weight excluding hydrogens is 170 g/mol. The molecule has 0 saturated carbocycles. The molecule has 1 N–H and O–H groups in total. The summed E-state index contributed by atoms with van der Waals surface area (Å²) < 4.78 is 0. The van der Waals surface area contributed by atoms with Crippen molar-refractivity contribution in [1.29, 1.82) is 0 Å². The van der Waals surface area contributed by atoms with Gasteiger partial charge in [-0.3, -0.25) is 5.10 Å². The lowest BCUT2D eigenvalue weighted by molar-refractivity contribution is 0.681. The first-order valence-electron chi connectivity index (χ1n) is 3.97. The van der Waals surface area contributed by atoms with E-state index in [1.54, 1.807) is 5.41 Å². The highest BCUT2D eigenvalue weighted by Crippen LogP contribution is 2.18. The second kappa shape index (κ2) is 4.30. The fourth-order valence-corrected chi connectivity index (χ4v) is 1.20. The average Bonchev–Trinajstić information content (AvgIpc) is 2.52. The zero-order chi connectivity index (χ0) is 8.97. The molecule has 66 valence electrons. The summed E-state index contributed by atoms with van der Waals surface area (Å²) in [7, 11) is 0. The monoisotopic (exact) mass is 183 g/mol. The molecule has 1 aromatic rings. The van der Waals surface area contributed by atoms with Crippen molar-refractivity contribution in [2.75, 3.05) is 0 Å². The highest BCUT2D eigenvalue weighted by atomic mass is 32.2. The minimum Gasteiger partial charge on any atom is -0.254 e. The molecule has 1 unspecified atom stereocenters. The number of nitrogens with zero attached hydrogens (tertiary/aromatic N) is 2. The van der Waals surface area contributed by atoms with E-state index in [1.807, 2.05) is 0 Å². The summed E-state index contributed by atoms with van der Waals surface area (Å²) in [6, 6.07) is 0. The van der Waals surface area contributed by atoms with Crippen LogP contribution in [0, 0.1) is 0 Å². The van der Waals surface area contributed by atoms with Crippen LogP contribution in [0.25, 0.3) is 0 Å². The van der Waals surface area contributed by atoms with Crippen LogP contribution in [-0.4, -0.2) is 15.2 Å². The minimum absolute atomic E-state index is 0.431. The molecule has 0 aliphatic heterocycles. The van der Waals surface area contributed by atoms with Crippen LogP contribution in [0.3, 0.4) is 0 Å². The van der Waals surface area contributed by atoms with Gasteiger partial charge in [-0.15, -0.1) is 0 Å². The van der Waals surface area contributed by atoms with Crippen molar-refractivity contribution >= 4 is 11.8 Å². The van der Waals surface area contributed by atoms with Crippen LogP contribution < -0.4 is 0 Å². The maximum absolute atomic E-state index is 4.30. The lowest BCUT2D eigenvalue weighted by atomic mass is 10.1. The first kappa shape index (κ1) is 9.32. The van der Waals surface area contributed by atoms with Gasteiger partial charge in [0.25, 0.3) is 0 Å². The van der Waals surface area contributed by atoms with Crippen molar-refractivity contribution in [3.63, 3.8) is 0 Å². The maximum atomic E-state index is 4.30. The number of H-pyrrole nitrogens is 1. The Morgan fingerprint density at radius 2 is 2.50 bits per heavy atom. The van der Waals surface area contributed by atoms with Gasteiger partial charge < -0.3 is 0 Å². The molecule has 0 aliphatic rings. The molecule has 3 nitrogen and oxygen atoms in total. The number of aromatic amines is 1. The lowest BCUT2D eigenvalue weighted by Gasteiger charge is -1.99. The van der Waals surface area contributed by atoms with Crippen molar-refractivity contribution in [1.82, 2.24) is 15.2 Å². The first-order chi connectivity index (χ1) is 5.77. The van der Waals surface area contributed by atoms with Crippen LogP contribution in [0.5, 0.6) is 0 Å². The Balaban J connectivity index is 2.69. The van der Waals surface area contributed by atoms with Gasteiger partial charge in [0.1, 0.15) is 0 Å². The molecule has 0 amide bonds. The molecule has 0 radical (unpaired) electrons. The summed E-state index contributed by atoms with van der Waals surface area (Å²) >= 11 is 1.46. The Morgan fingerprint density at radius 3 is 3.08 bits per heavy atom. The Hall–Kier alpha value is -0.770. The van der Waals surface area contributed by atoms with Gasteiger partial charge in [0.2, 0.25) is 0 Å². The largest absolute Gasteiger partial charge is 0.254 e. The summed E-state index contributed by atoms with van der Waals surface area (Å²) in [5.74, 6) is 1.32. The van der Waals surface area contributed by atoms with Crippen molar-refractivity contribution in [2.45, 2.75) is 31.3 Å². The van der Waals surface area contributed by atoms with E-state index >= 15 is 0 Å². The third-order valence-electron chi connectivity index (χ3n) is 1.73. The fourth-order valence-electron chi connectivity index (χ4n) is 0.794. The third-order valence-corrected chi connectivity index (χ3v) is 2.30. The second-order valence-corrected chi connectivity index (χ2v) is 3.55. The van der Waals surface area contributed by atoms with Gasteiger partial charge in [-0.05, 0) is 11.8 Å². The van der Waals surface area contributed by atoms with E-state index in [2.05, 4.69) is 35.6 Å². The number of hydrogen-bond acceptors (Lipinski definition) is 3. The Bertz CT molecular complexity index is 257. The van der Waals surface area contributed by atoms with E-state index in [1.165, 1.54) is 11.8 Å². The highest BCUT2D eigenvalue weighted by molar-refractivity contribution is 8.01. The smallest absolute Gasteiger partial charge is 0.187 e. The van der Waals surface area contributed by atoms with E-state index < -0.39 is 0 Å². The Kier molecular flexibility index (Phi) is 3.34. The molecule has 0 aliphatic carbocycles. The molecule has 0 spiro atoms. The topological polar surface area (TPSA) is 41.6 Å². The molecule has 12 heavy (non-hydrogen) atoms. The summed E-state index contributed by atoms with van der Waals surface area (Å²) in [5, 5.41) is 9.51. The van der Waals surface area contributed by atoms with Gasteiger partial charge in [0.05, 0.1) is 0 Å². The van der Waals surface area contributed by atoms with Crippen LogP contribution in [-0.2, 0) is 0 Å². The number of hydrogen-bond donors (Lipinski definition) is 1. The summed E-state index contributed by atoms with van der Waals surface area (Å²) in [4.78, 5) is 4.30. The summed E-state index contributed by atoms with van der Waals surface area (Å²) in [6.45, 7) is 7.85. The predicted octanol–water partition coefficient (Wildman–Crippen LogP) is 2.55. The van der Waals surface area contributed by atoms with Gasteiger partial charge in [0.15, 0.2) is 11.0 Å². The fraction of sp³-hybridized carbons (Fsp3) is 0.500. The number of aromatic nitrogens is 3. The van der Waals surface area contributed by atoms with Crippen molar-refractivity contribution in [3.05, 3.63) is 17.8 Å². The first-order valence-corrected chi connectivity index (χ1v) is 4.85. The van der Waals surface area contributed by atoms with Gasteiger partial charge in [-0.25, -0.2) is 4.98 Å². The van der Waals surface area contributed by atoms with Crippen LogP contribution in [0.2, 0.25) is 0 Å². The quantitative estimate of drug-likeness (QED) is 0.729. The number of rotatable bonds is 4. The van der Waals surface area contributed by atoms with E-state index in [0.717, 1.165) is 17.4 Å². The maximum Gasteiger partial charge on any atom is 0.187 e. The molecule has 1 rings (SSSR count). The molecular formula is C8H13N3S. The zero-order valence-corrected chi connectivity index (χ0v) is 8.19. The summed E-state index contributed by atoms with van der Waals surface area (Å²) in [6.07, 6.45) is 1.07. The number of nitrogens with one attached hydrogen (secondary N) is 1. The summed E-state index contributed by atoms with van der Waals surface area (Å²) in [5.41, 5.74) is 0. The van der Waals surface area contributed by atoms with Gasteiger partial charge >= 0.3 is 0 Å². The van der Waals surface area contributed by atoms with Gasteiger partial charge in [0, 0.05) is 5.92 Å². The SMILES string of the molecule is C=CSc1nc(C(C)CC)n[nH]1. The van der Waals surface area contributed by atoms with E-state index in [0.29, 0.717) is 5.92 Å². The van der Waals surface area contributed by atoms with Crippen LogP contribution in [0.15, 0.2) is 17.1 Å². The Morgan fingerprint density at radius 1 is 1.75 bits per heavy atom. The number of thioether (sulfide) groups is 1. The van der Waals surface area contributed by atoms with Crippen LogP contribution in [0.4, 0.5) is 0 Å². The van der Waals surface area contributed by atoms with Gasteiger partial charge in [-0.1, -0.05) is 32.2 Å². The van der Waals surface area contributed by atoms with Gasteiger partial charge in [-0.2, -0.15) is 5.10 Å². The van der Waals surface area contributed by atoms with Crippen molar-refractivity contribution in [2.24, 2.45) is 0 Å². The third kappa shape index (κ3) is 2.11. The Labute approximate surface area is 76.7 Å². The molecule has 1 aromatic heterocycles. The molecule has 1 heterocycles. The van der Waals surface area contributed by atoms with Crippen LogP contribution in [0.1, 0.15) is 32.0 Å². The van der Waals surface area contributed by atoms with E-state index in [9.17, 15) is 0 Å². The van der Waals surface area contributed by atoms with E-state index in [-0.39, 0.29) is 0 Å². The molecule has 0 bridgehead atoms. The molecule has 0 saturated heterocycles. The minimum atomic E-state index is 0.431. The normalized spacial score (nSPS) is 12.8.